The minimum atomic E-state index is -0.0165. The Bertz CT molecular complexity index is 1060. The largest absolute Gasteiger partial charge is 0.569 e. The Balaban J connectivity index is 2.28. The predicted molar refractivity (Wildman–Crippen MR) is 98.5 cm³/mol. The van der Waals surface area contributed by atoms with Gasteiger partial charge in [-0.05, 0) is 33.9 Å². The van der Waals surface area contributed by atoms with Gasteiger partial charge in [0.05, 0.1) is 0 Å². The van der Waals surface area contributed by atoms with Crippen molar-refractivity contribution in [3.8, 4) is 5.75 Å². The van der Waals surface area contributed by atoms with Gasteiger partial charge in [-0.15, -0.1) is 0 Å². The summed E-state index contributed by atoms with van der Waals surface area (Å²) in [6.07, 6.45) is 0. The van der Waals surface area contributed by atoms with Crippen molar-refractivity contribution < 1.29 is 14.1 Å². The summed E-state index contributed by atoms with van der Waals surface area (Å²) in [6.45, 7) is 6.60. The van der Waals surface area contributed by atoms with Crippen molar-refractivity contribution >= 4 is 40.4 Å². The number of fused-ring (bicyclic) bond motifs is 5. The average molecular weight is 317 g/mol. The van der Waals surface area contributed by atoms with Gasteiger partial charge in [-0.2, -0.15) is 0 Å². The second kappa shape index (κ2) is 5.28. The fraction of sp³-hybridized carbons (Fsp3) is 0.200. The van der Waals surface area contributed by atoms with Crippen LogP contribution in [0, 0.1) is 0 Å². The first kappa shape index (κ1) is 15.1. The number of furan rings is 1. The molecule has 24 heavy (non-hydrogen) atoms. The maximum atomic E-state index is 9.12. The van der Waals surface area contributed by atoms with Crippen LogP contribution >= 0.6 is 0 Å². The number of hydrogen-bond acceptors (Lipinski definition) is 3. The maximum Gasteiger partial charge on any atom is 0.569 e. The Morgan fingerprint density at radius 2 is 1.79 bits per heavy atom. The van der Waals surface area contributed by atoms with E-state index in [4.69, 9.17) is 14.1 Å². The van der Waals surface area contributed by atoms with Crippen molar-refractivity contribution in [1.29, 1.82) is 0 Å². The Hall–Kier alpha value is -2.46. The van der Waals surface area contributed by atoms with Gasteiger partial charge in [0.15, 0.2) is 5.58 Å². The van der Waals surface area contributed by atoms with Crippen LogP contribution in [0.1, 0.15) is 26.3 Å². The molecule has 0 aliphatic rings. The zero-order chi connectivity index (χ0) is 16.9. The molecule has 3 nitrogen and oxygen atoms in total. The Kier molecular flexibility index (Phi) is 3.32. The van der Waals surface area contributed by atoms with E-state index in [-0.39, 0.29) is 5.41 Å². The molecule has 0 unspecified atom stereocenters. The van der Waals surface area contributed by atoms with Gasteiger partial charge >= 0.3 is 7.69 Å². The molecule has 119 valence electrons. The van der Waals surface area contributed by atoms with Crippen LogP contribution in [0.25, 0.3) is 32.7 Å². The van der Waals surface area contributed by atoms with E-state index in [1.54, 1.807) is 0 Å². The summed E-state index contributed by atoms with van der Waals surface area (Å²) in [5.74, 6) is 0.516. The van der Waals surface area contributed by atoms with E-state index in [0.717, 1.165) is 27.1 Å². The van der Waals surface area contributed by atoms with Crippen LogP contribution < -0.4 is 4.65 Å². The lowest BCUT2D eigenvalue weighted by Crippen LogP contribution is -2.11. The highest BCUT2D eigenvalue weighted by atomic mass is 16.5. The standard InChI is InChI=1S/C20H18BO3/c1-20(2,3)14-9-6-10-15-18(14)17-13-8-5-4-7-12(13)11-16(24-21-22)19(17)23-15/h4-11,22H,1-3H3. The van der Waals surface area contributed by atoms with Crippen LogP contribution in [0.4, 0.5) is 0 Å². The molecule has 0 amide bonds. The van der Waals surface area contributed by atoms with Gasteiger partial charge in [0, 0.05) is 10.8 Å². The first-order valence-corrected chi connectivity index (χ1v) is 8.00. The SMILES string of the molecule is CC(C)(C)c1cccc2oc3c(O[B]O)cc4ccccc4c3c12. The monoisotopic (exact) mass is 317 g/mol. The summed E-state index contributed by atoms with van der Waals surface area (Å²) < 4.78 is 11.4. The lowest BCUT2D eigenvalue weighted by molar-refractivity contribution is 0.451. The number of rotatable bonds is 2. The zero-order valence-corrected chi connectivity index (χ0v) is 14.0. The minimum Gasteiger partial charge on any atom is -0.535 e. The molecule has 0 saturated heterocycles. The third-order valence-electron chi connectivity index (χ3n) is 4.44. The average Bonchev–Trinajstić information content (AvgIpc) is 2.94. The van der Waals surface area contributed by atoms with Crippen LogP contribution in [0.15, 0.2) is 52.9 Å². The summed E-state index contributed by atoms with van der Waals surface area (Å²) in [7, 11) is 0.696. The predicted octanol–water partition coefficient (Wildman–Crippen LogP) is 4.94. The molecule has 0 spiro atoms. The topological polar surface area (TPSA) is 42.6 Å². The molecule has 1 aromatic heterocycles. The number of hydrogen-bond donors (Lipinski definition) is 1. The van der Waals surface area contributed by atoms with Crippen LogP contribution in [-0.2, 0) is 5.41 Å². The summed E-state index contributed by atoms with van der Waals surface area (Å²) in [6, 6.07) is 16.2. The number of benzene rings is 3. The fourth-order valence-electron chi connectivity index (χ4n) is 3.41. The van der Waals surface area contributed by atoms with Crippen molar-refractivity contribution in [3.05, 3.63) is 54.1 Å². The zero-order valence-electron chi connectivity index (χ0n) is 14.0. The van der Waals surface area contributed by atoms with Gasteiger partial charge in [0.1, 0.15) is 11.3 Å². The molecule has 0 saturated carbocycles. The molecule has 4 aromatic rings. The van der Waals surface area contributed by atoms with E-state index in [9.17, 15) is 0 Å². The third kappa shape index (κ3) is 2.18. The second-order valence-corrected chi connectivity index (χ2v) is 7.05. The molecule has 1 heterocycles. The smallest absolute Gasteiger partial charge is 0.535 e. The van der Waals surface area contributed by atoms with E-state index in [1.807, 2.05) is 36.4 Å². The van der Waals surface area contributed by atoms with Gasteiger partial charge in [-0.1, -0.05) is 57.2 Å². The molecule has 0 aliphatic carbocycles. The molecular weight excluding hydrogens is 299 g/mol. The van der Waals surface area contributed by atoms with Gasteiger partial charge in [0.25, 0.3) is 0 Å². The normalized spacial score (nSPS) is 12.2. The quantitative estimate of drug-likeness (QED) is 0.532. The summed E-state index contributed by atoms with van der Waals surface area (Å²) in [5, 5.41) is 13.4. The lowest BCUT2D eigenvalue weighted by atomic mass is 9.83. The highest BCUT2D eigenvalue weighted by Gasteiger charge is 2.23. The molecule has 0 bridgehead atoms. The molecule has 4 rings (SSSR count). The molecule has 4 heteroatoms. The Morgan fingerprint density at radius 1 is 1.00 bits per heavy atom. The van der Waals surface area contributed by atoms with E-state index in [0.29, 0.717) is 19.0 Å². The first-order chi connectivity index (χ1) is 11.5. The summed E-state index contributed by atoms with van der Waals surface area (Å²) in [4.78, 5) is 0. The van der Waals surface area contributed by atoms with Gasteiger partial charge < -0.3 is 14.1 Å². The Labute approximate surface area is 141 Å². The van der Waals surface area contributed by atoms with E-state index in [2.05, 4.69) is 32.9 Å². The van der Waals surface area contributed by atoms with E-state index in [1.165, 1.54) is 5.56 Å². The summed E-state index contributed by atoms with van der Waals surface area (Å²) >= 11 is 0. The van der Waals surface area contributed by atoms with Crippen molar-refractivity contribution in [2.45, 2.75) is 26.2 Å². The van der Waals surface area contributed by atoms with Crippen LogP contribution in [0.5, 0.6) is 5.75 Å². The molecule has 3 aromatic carbocycles. The van der Waals surface area contributed by atoms with E-state index >= 15 is 0 Å². The van der Waals surface area contributed by atoms with Crippen molar-refractivity contribution in [2.75, 3.05) is 0 Å². The van der Waals surface area contributed by atoms with Crippen LogP contribution in [0.2, 0.25) is 0 Å². The Morgan fingerprint density at radius 3 is 2.54 bits per heavy atom. The molecule has 0 atom stereocenters. The van der Waals surface area contributed by atoms with Crippen molar-refractivity contribution in [2.24, 2.45) is 0 Å². The van der Waals surface area contributed by atoms with Gasteiger partial charge in [0.2, 0.25) is 0 Å². The third-order valence-corrected chi connectivity index (χ3v) is 4.44. The van der Waals surface area contributed by atoms with Gasteiger partial charge in [-0.25, -0.2) is 0 Å². The van der Waals surface area contributed by atoms with Gasteiger partial charge in [-0.3, -0.25) is 0 Å². The highest BCUT2D eigenvalue weighted by Crippen LogP contribution is 2.43. The van der Waals surface area contributed by atoms with Crippen LogP contribution in [-0.4, -0.2) is 12.7 Å². The second-order valence-electron chi connectivity index (χ2n) is 7.05. The minimum absolute atomic E-state index is 0.0165. The van der Waals surface area contributed by atoms with E-state index < -0.39 is 0 Å². The lowest BCUT2D eigenvalue weighted by Gasteiger charge is -2.20. The fourth-order valence-corrected chi connectivity index (χ4v) is 3.41. The molecule has 0 aliphatic heterocycles. The summed E-state index contributed by atoms with van der Waals surface area (Å²) in [5.41, 5.74) is 2.70. The van der Waals surface area contributed by atoms with Crippen molar-refractivity contribution in [3.63, 3.8) is 0 Å². The molecule has 0 fully saturated rings. The molecule has 1 radical (unpaired) electrons. The highest BCUT2D eigenvalue weighted by molar-refractivity contribution is 6.23. The van der Waals surface area contributed by atoms with Crippen molar-refractivity contribution in [1.82, 2.24) is 0 Å². The van der Waals surface area contributed by atoms with Crippen LogP contribution in [0.3, 0.4) is 0 Å². The first-order valence-electron chi connectivity index (χ1n) is 8.00. The molecule has 1 N–H and O–H groups in total. The molecular formula is C20H18BO3. The maximum absolute atomic E-state index is 9.12.